The molecule has 3 heterocycles. The Morgan fingerprint density at radius 1 is 1.17 bits per heavy atom. The summed E-state index contributed by atoms with van der Waals surface area (Å²) in [5.41, 5.74) is 1.56. The summed E-state index contributed by atoms with van der Waals surface area (Å²) in [5, 5.41) is 7.50. The number of thiazole rings is 1. The Hall–Kier alpha value is -3.33. The maximum Gasteiger partial charge on any atom is 0.323 e. The highest BCUT2D eigenvalue weighted by molar-refractivity contribution is 7.22. The first kappa shape index (κ1) is 18.7. The van der Waals surface area contributed by atoms with E-state index in [-0.39, 0.29) is 17.8 Å². The van der Waals surface area contributed by atoms with Crippen LogP contribution in [0.25, 0.3) is 21.6 Å². The molecule has 9 heteroatoms. The molecular formula is C21H18FN5O2S. The van der Waals surface area contributed by atoms with E-state index in [4.69, 9.17) is 4.52 Å². The van der Waals surface area contributed by atoms with E-state index < -0.39 is 0 Å². The van der Waals surface area contributed by atoms with E-state index in [1.54, 1.807) is 17.0 Å². The van der Waals surface area contributed by atoms with E-state index in [9.17, 15) is 9.18 Å². The number of amides is 2. The first-order valence-electron chi connectivity index (χ1n) is 9.67. The third-order valence-electron chi connectivity index (χ3n) is 5.11. The van der Waals surface area contributed by atoms with Gasteiger partial charge in [-0.25, -0.2) is 14.2 Å². The number of benzene rings is 2. The van der Waals surface area contributed by atoms with Crippen LogP contribution in [0.4, 0.5) is 14.3 Å². The second-order valence-electron chi connectivity index (χ2n) is 7.17. The van der Waals surface area contributed by atoms with Crippen molar-refractivity contribution >= 4 is 32.7 Å². The number of rotatable bonds is 3. The molecule has 1 aliphatic heterocycles. The summed E-state index contributed by atoms with van der Waals surface area (Å²) in [4.78, 5) is 23.4. The zero-order valence-electron chi connectivity index (χ0n) is 15.9. The number of carbonyl (C=O) groups is 1. The number of nitrogens with zero attached hydrogens (tertiary/aromatic N) is 4. The summed E-state index contributed by atoms with van der Waals surface area (Å²) < 4.78 is 19.6. The van der Waals surface area contributed by atoms with Crippen LogP contribution in [0.15, 0.2) is 53.1 Å². The molecule has 2 aromatic heterocycles. The lowest BCUT2D eigenvalue weighted by Crippen LogP contribution is -2.41. The summed E-state index contributed by atoms with van der Waals surface area (Å²) in [5.74, 6) is 0.555. The van der Waals surface area contributed by atoms with Crippen molar-refractivity contribution in [1.29, 1.82) is 0 Å². The zero-order valence-corrected chi connectivity index (χ0v) is 16.7. The van der Waals surface area contributed by atoms with Gasteiger partial charge in [-0.1, -0.05) is 28.6 Å². The highest BCUT2D eigenvalue weighted by Gasteiger charge is 2.29. The number of carbonyl (C=O) groups excluding carboxylic acids is 1. The van der Waals surface area contributed by atoms with Crippen molar-refractivity contribution in [3.05, 3.63) is 60.2 Å². The van der Waals surface area contributed by atoms with Crippen molar-refractivity contribution < 1.29 is 13.7 Å². The number of para-hydroxylation sites is 1. The van der Waals surface area contributed by atoms with Crippen LogP contribution in [0.1, 0.15) is 24.7 Å². The number of halogens is 1. The maximum absolute atomic E-state index is 13.1. The Morgan fingerprint density at radius 3 is 2.83 bits per heavy atom. The van der Waals surface area contributed by atoms with Gasteiger partial charge in [-0.3, -0.25) is 5.32 Å². The van der Waals surface area contributed by atoms with Crippen molar-refractivity contribution in [2.24, 2.45) is 0 Å². The topological polar surface area (TPSA) is 84.2 Å². The van der Waals surface area contributed by atoms with Crippen molar-refractivity contribution in [1.82, 2.24) is 20.0 Å². The Kier molecular flexibility index (Phi) is 4.88. The van der Waals surface area contributed by atoms with Crippen molar-refractivity contribution in [2.45, 2.75) is 18.8 Å². The number of hydrogen-bond donors (Lipinski definition) is 1. The lowest BCUT2D eigenvalue weighted by atomic mass is 9.98. The largest absolute Gasteiger partial charge is 0.339 e. The minimum Gasteiger partial charge on any atom is -0.339 e. The van der Waals surface area contributed by atoms with Gasteiger partial charge in [0.15, 0.2) is 5.13 Å². The molecule has 4 aromatic rings. The van der Waals surface area contributed by atoms with E-state index in [1.807, 2.05) is 24.3 Å². The van der Waals surface area contributed by atoms with Crippen LogP contribution in [0.2, 0.25) is 0 Å². The summed E-state index contributed by atoms with van der Waals surface area (Å²) in [6, 6.07) is 13.5. The van der Waals surface area contributed by atoms with Crippen molar-refractivity contribution in [3.63, 3.8) is 0 Å². The second-order valence-corrected chi connectivity index (χ2v) is 8.20. The molecule has 0 bridgehead atoms. The number of fused-ring (bicyclic) bond motifs is 1. The van der Waals surface area contributed by atoms with Crippen LogP contribution < -0.4 is 5.32 Å². The summed E-state index contributed by atoms with van der Waals surface area (Å²) in [7, 11) is 0. The number of likely N-dealkylation sites (tertiary alicyclic amines) is 1. The molecule has 0 aliphatic carbocycles. The summed E-state index contributed by atoms with van der Waals surface area (Å²) in [6.07, 6.45) is 1.70. The molecule has 7 nitrogen and oxygen atoms in total. The number of urea groups is 1. The Bertz CT molecular complexity index is 1160. The normalized spacial score (nSPS) is 16.7. The monoisotopic (exact) mass is 423 g/mol. The van der Waals surface area contributed by atoms with Crippen LogP contribution in [0.3, 0.4) is 0 Å². The van der Waals surface area contributed by atoms with Crippen LogP contribution in [0.5, 0.6) is 0 Å². The predicted molar refractivity (Wildman–Crippen MR) is 112 cm³/mol. The molecule has 2 amide bonds. The molecule has 1 N–H and O–H groups in total. The molecule has 30 heavy (non-hydrogen) atoms. The predicted octanol–water partition coefficient (Wildman–Crippen LogP) is 4.90. The van der Waals surface area contributed by atoms with Crippen LogP contribution in [-0.4, -0.2) is 39.1 Å². The number of hydrogen-bond acceptors (Lipinski definition) is 6. The minimum atomic E-state index is -0.315. The average molecular weight is 423 g/mol. The van der Waals surface area contributed by atoms with Gasteiger partial charge in [0.05, 0.1) is 16.1 Å². The number of anilines is 1. The van der Waals surface area contributed by atoms with Gasteiger partial charge in [0.1, 0.15) is 5.82 Å². The molecule has 5 rings (SSSR count). The molecule has 2 aromatic carbocycles. The Balaban J connectivity index is 1.27. The first-order valence-corrected chi connectivity index (χ1v) is 10.5. The molecule has 0 spiro atoms. The first-order chi connectivity index (χ1) is 14.7. The number of piperidine rings is 1. The highest BCUT2D eigenvalue weighted by atomic mass is 32.1. The Morgan fingerprint density at radius 2 is 2.00 bits per heavy atom. The smallest absolute Gasteiger partial charge is 0.323 e. The van der Waals surface area contributed by atoms with Gasteiger partial charge in [-0.15, -0.1) is 0 Å². The lowest BCUT2D eigenvalue weighted by molar-refractivity contribution is 0.184. The van der Waals surface area contributed by atoms with Gasteiger partial charge in [0.25, 0.3) is 0 Å². The number of aromatic nitrogens is 3. The second kappa shape index (κ2) is 7.83. The standard InChI is InChI=1S/C21H18FN5O2S/c22-15-9-7-13(8-10-15)18-24-19(29-26-18)14-4-3-11-27(12-14)21(28)25-20-23-16-5-1-2-6-17(16)30-20/h1-2,5-10,14H,3-4,11-12H2,(H,23,25,28). The van der Waals surface area contributed by atoms with Gasteiger partial charge in [-0.05, 0) is 49.2 Å². The molecular weight excluding hydrogens is 405 g/mol. The summed E-state index contributed by atoms with van der Waals surface area (Å²) in [6.45, 7) is 1.15. The van der Waals surface area contributed by atoms with Gasteiger partial charge in [0, 0.05) is 18.7 Å². The fourth-order valence-corrected chi connectivity index (χ4v) is 4.43. The molecule has 1 aliphatic rings. The van der Waals surface area contributed by atoms with E-state index in [0.29, 0.717) is 35.5 Å². The Labute approximate surface area is 175 Å². The highest BCUT2D eigenvalue weighted by Crippen LogP contribution is 2.29. The quantitative estimate of drug-likeness (QED) is 0.507. The number of nitrogens with one attached hydrogen (secondary N) is 1. The lowest BCUT2D eigenvalue weighted by Gasteiger charge is -2.30. The van der Waals surface area contributed by atoms with E-state index in [0.717, 1.165) is 23.1 Å². The van der Waals surface area contributed by atoms with Gasteiger partial charge in [0.2, 0.25) is 11.7 Å². The SMILES string of the molecule is O=C(Nc1nc2ccccc2s1)N1CCCC(c2nc(-c3ccc(F)cc3)no2)C1. The molecule has 1 unspecified atom stereocenters. The molecule has 152 valence electrons. The van der Waals surface area contributed by atoms with Gasteiger partial charge in [-0.2, -0.15) is 4.98 Å². The molecule has 0 radical (unpaired) electrons. The van der Waals surface area contributed by atoms with E-state index in [2.05, 4.69) is 20.4 Å². The van der Waals surface area contributed by atoms with Crippen LogP contribution in [0, 0.1) is 5.82 Å². The average Bonchev–Trinajstić information content (AvgIpc) is 3.41. The van der Waals surface area contributed by atoms with Crippen LogP contribution in [-0.2, 0) is 0 Å². The molecule has 1 fully saturated rings. The van der Waals surface area contributed by atoms with Crippen LogP contribution >= 0.6 is 11.3 Å². The maximum atomic E-state index is 13.1. The minimum absolute atomic E-state index is 0.0402. The van der Waals surface area contributed by atoms with E-state index in [1.165, 1.54) is 23.5 Å². The molecule has 1 saturated heterocycles. The third kappa shape index (κ3) is 3.76. The van der Waals surface area contributed by atoms with Gasteiger partial charge >= 0.3 is 6.03 Å². The zero-order chi connectivity index (χ0) is 20.5. The fraction of sp³-hybridized carbons (Fsp3) is 0.238. The van der Waals surface area contributed by atoms with E-state index >= 15 is 0 Å². The fourth-order valence-electron chi connectivity index (χ4n) is 3.58. The molecule has 0 saturated carbocycles. The van der Waals surface area contributed by atoms with Gasteiger partial charge < -0.3 is 9.42 Å². The molecule has 1 atom stereocenters. The summed E-state index contributed by atoms with van der Waals surface area (Å²) >= 11 is 1.45. The third-order valence-corrected chi connectivity index (χ3v) is 6.06. The van der Waals surface area contributed by atoms with Crippen molar-refractivity contribution in [3.8, 4) is 11.4 Å². The van der Waals surface area contributed by atoms with Crippen molar-refractivity contribution in [2.75, 3.05) is 18.4 Å².